The molecule has 0 saturated carbocycles. The van der Waals surface area contributed by atoms with E-state index in [4.69, 9.17) is 4.74 Å². The number of carbonyl (C=O) groups is 2. The summed E-state index contributed by atoms with van der Waals surface area (Å²) in [6.07, 6.45) is 0. The maximum atomic E-state index is 12.6. The molecule has 4 nitrogen and oxygen atoms in total. The summed E-state index contributed by atoms with van der Waals surface area (Å²) in [5.41, 5.74) is 4.05. The lowest BCUT2D eigenvalue weighted by atomic mass is 9.95. The van der Waals surface area contributed by atoms with Crippen LogP contribution in [0, 0.1) is 6.92 Å². The lowest BCUT2D eigenvalue weighted by Gasteiger charge is -2.24. The first-order valence-electron chi connectivity index (χ1n) is 8.90. The highest BCUT2D eigenvalue weighted by molar-refractivity contribution is 6.10. The van der Waals surface area contributed by atoms with Gasteiger partial charge in [0.15, 0.2) is 0 Å². The zero-order chi connectivity index (χ0) is 19.1. The number of ether oxygens (including phenoxy) is 1. The number of carbonyl (C=O) groups excluding carboxylic acids is 2. The number of aryl methyl sites for hydroxylation is 1. The van der Waals surface area contributed by atoms with Crippen molar-refractivity contribution in [1.29, 1.82) is 0 Å². The topological polar surface area (TPSA) is 46.6 Å². The Morgan fingerprint density at radius 2 is 1.85 bits per heavy atom. The minimum atomic E-state index is -0.507. The average Bonchev–Trinajstić information content (AvgIpc) is 2.90. The molecule has 1 heterocycles. The van der Waals surface area contributed by atoms with Crippen LogP contribution in [-0.2, 0) is 16.1 Å². The van der Waals surface area contributed by atoms with Crippen LogP contribution in [0.5, 0.6) is 0 Å². The number of esters is 1. The van der Waals surface area contributed by atoms with Crippen molar-refractivity contribution < 1.29 is 14.3 Å². The summed E-state index contributed by atoms with van der Waals surface area (Å²) in [7, 11) is 0. The van der Waals surface area contributed by atoms with Gasteiger partial charge in [0.2, 0.25) is 0 Å². The minimum absolute atomic E-state index is 0.0212. The highest BCUT2D eigenvalue weighted by atomic mass is 16.6. The molecule has 26 heavy (non-hydrogen) atoms. The molecule has 0 N–H and O–H groups in total. The van der Waals surface area contributed by atoms with Gasteiger partial charge in [-0.3, -0.25) is 9.59 Å². The van der Waals surface area contributed by atoms with Crippen LogP contribution in [0.4, 0.5) is 5.69 Å². The highest BCUT2D eigenvalue weighted by Crippen LogP contribution is 2.31. The van der Waals surface area contributed by atoms with E-state index in [0.29, 0.717) is 6.54 Å². The van der Waals surface area contributed by atoms with Gasteiger partial charge in [-0.2, -0.15) is 0 Å². The Morgan fingerprint density at radius 1 is 1.15 bits per heavy atom. The van der Waals surface area contributed by atoms with Gasteiger partial charge in [0.25, 0.3) is 5.91 Å². The summed E-state index contributed by atoms with van der Waals surface area (Å²) in [6.45, 7) is 9.99. The summed E-state index contributed by atoms with van der Waals surface area (Å²) < 4.78 is 5.49. The van der Waals surface area contributed by atoms with E-state index in [1.807, 2.05) is 77.1 Å². The molecule has 0 aromatic heterocycles. The fourth-order valence-corrected chi connectivity index (χ4v) is 3.29. The average molecular weight is 351 g/mol. The molecular weight excluding hydrogens is 326 g/mol. The summed E-state index contributed by atoms with van der Waals surface area (Å²) in [5, 5.41) is 0. The third kappa shape index (κ3) is 3.50. The number of hydrogen-bond acceptors (Lipinski definition) is 3. The standard InChI is InChI=1S/C22H25NO3/c1-14-12-17(23-13-16-8-6-7-9-19(16)20(23)24)10-11-18(14)15(2)21(25)26-22(3,4)5/h6-12,15H,13H2,1-5H3. The Kier molecular flexibility index (Phi) is 4.61. The maximum Gasteiger partial charge on any atom is 0.313 e. The van der Waals surface area contributed by atoms with E-state index >= 15 is 0 Å². The third-order valence-electron chi connectivity index (χ3n) is 4.61. The van der Waals surface area contributed by atoms with Crippen LogP contribution in [0.15, 0.2) is 42.5 Å². The molecule has 1 unspecified atom stereocenters. The van der Waals surface area contributed by atoms with Crippen LogP contribution in [0.3, 0.4) is 0 Å². The molecule has 2 aromatic rings. The number of benzene rings is 2. The zero-order valence-corrected chi connectivity index (χ0v) is 16.0. The first kappa shape index (κ1) is 18.2. The Bertz CT molecular complexity index is 864. The number of nitrogens with zero attached hydrogens (tertiary/aromatic N) is 1. The molecule has 136 valence electrons. The Morgan fingerprint density at radius 3 is 2.46 bits per heavy atom. The predicted octanol–water partition coefficient (Wildman–Crippen LogP) is 4.60. The van der Waals surface area contributed by atoms with E-state index in [2.05, 4.69) is 0 Å². The van der Waals surface area contributed by atoms with Crippen LogP contribution >= 0.6 is 0 Å². The lowest BCUT2D eigenvalue weighted by Crippen LogP contribution is -2.27. The highest BCUT2D eigenvalue weighted by Gasteiger charge is 2.29. The van der Waals surface area contributed by atoms with Crippen molar-refractivity contribution in [2.24, 2.45) is 0 Å². The van der Waals surface area contributed by atoms with E-state index in [0.717, 1.165) is 27.9 Å². The number of amides is 1. The largest absolute Gasteiger partial charge is 0.460 e. The quantitative estimate of drug-likeness (QED) is 0.759. The second kappa shape index (κ2) is 6.60. The molecule has 1 amide bonds. The monoisotopic (exact) mass is 351 g/mol. The van der Waals surface area contributed by atoms with Gasteiger partial charge < -0.3 is 9.64 Å². The third-order valence-corrected chi connectivity index (χ3v) is 4.61. The van der Waals surface area contributed by atoms with E-state index in [-0.39, 0.29) is 17.8 Å². The summed E-state index contributed by atoms with van der Waals surface area (Å²) >= 11 is 0. The molecule has 2 aromatic carbocycles. The van der Waals surface area contributed by atoms with Gasteiger partial charge in [-0.05, 0) is 69.5 Å². The normalized spacial score (nSPS) is 15.0. The van der Waals surface area contributed by atoms with E-state index < -0.39 is 5.60 Å². The molecule has 0 radical (unpaired) electrons. The van der Waals surface area contributed by atoms with Crippen molar-refractivity contribution in [3.63, 3.8) is 0 Å². The van der Waals surface area contributed by atoms with Crippen molar-refractivity contribution in [3.8, 4) is 0 Å². The number of anilines is 1. The van der Waals surface area contributed by atoms with Crippen LogP contribution in [-0.4, -0.2) is 17.5 Å². The van der Waals surface area contributed by atoms with Crippen LogP contribution in [0.2, 0.25) is 0 Å². The second-order valence-electron chi connectivity index (χ2n) is 7.84. The first-order valence-corrected chi connectivity index (χ1v) is 8.90. The van der Waals surface area contributed by atoms with Gasteiger partial charge in [-0.15, -0.1) is 0 Å². The molecule has 4 heteroatoms. The summed E-state index contributed by atoms with van der Waals surface area (Å²) in [6, 6.07) is 13.5. The molecule has 0 spiro atoms. The Labute approximate surface area is 154 Å². The fourth-order valence-electron chi connectivity index (χ4n) is 3.29. The number of rotatable bonds is 3. The molecule has 3 rings (SSSR count). The molecule has 0 bridgehead atoms. The second-order valence-corrected chi connectivity index (χ2v) is 7.84. The molecule has 0 aliphatic carbocycles. The van der Waals surface area contributed by atoms with Crippen molar-refractivity contribution in [2.45, 2.75) is 52.7 Å². The molecule has 1 aliphatic rings. The van der Waals surface area contributed by atoms with Crippen molar-refractivity contribution in [1.82, 2.24) is 0 Å². The van der Waals surface area contributed by atoms with Crippen LogP contribution in [0.25, 0.3) is 0 Å². The van der Waals surface area contributed by atoms with E-state index in [1.54, 1.807) is 4.90 Å². The first-order chi connectivity index (χ1) is 12.2. The van der Waals surface area contributed by atoms with Crippen molar-refractivity contribution in [2.75, 3.05) is 4.90 Å². The van der Waals surface area contributed by atoms with Gasteiger partial charge in [0, 0.05) is 11.3 Å². The Balaban J connectivity index is 1.83. The minimum Gasteiger partial charge on any atom is -0.460 e. The zero-order valence-electron chi connectivity index (χ0n) is 16.0. The van der Waals surface area contributed by atoms with Crippen LogP contribution < -0.4 is 4.90 Å². The molecule has 0 fully saturated rings. The van der Waals surface area contributed by atoms with Gasteiger partial charge in [-0.25, -0.2) is 0 Å². The van der Waals surface area contributed by atoms with Gasteiger partial charge >= 0.3 is 5.97 Å². The van der Waals surface area contributed by atoms with Crippen molar-refractivity contribution in [3.05, 3.63) is 64.7 Å². The maximum absolute atomic E-state index is 12.6. The van der Waals surface area contributed by atoms with E-state index in [1.165, 1.54) is 0 Å². The predicted molar refractivity (Wildman–Crippen MR) is 102 cm³/mol. The molecular formula is C22H25NO3. The van der Waals surface area contributed by atoms with Gasteiger partial charge in [0.1, 0.15) is 5.60 Å². The van der Waals surface area contributed by atoms with Crippen LogP contribution in [0.1, 0.15) is 60.7 Å². The van der Waals surface area contributed by atoms with Gasteiger partial charge in [0.05, 0.1) is 12.5 Å². The molecule has 1 aliphatic heterocycles. The smallest absolute Gasteiger partial charge is 0.313 e. The Hall–Kier alpha value is -2.62. The number of hydrogen-bond donors (Lipinski definition) is 0. The van der Waals surface area contributed by atoms with Gasteiger partial charge in [-0.1, -0.05) is 24.3 Å². The number of fused-ring (bicyclic) bond motifs is 1. The van der Waals surface area contributed by atoms with E-state index in [9.17, 15) is 9.59 Å². The molecule has 1 atom stereocenters. The van der Waals surface area contributed by atoms with Crippen molar-refractivity contribution >= 4 is 17.6 Å². The SMILES string of the molecule is Cc1cc(N2Cc3ccccc3C2=O)ccc1C(C)C(=O)OC(C)(C)C. The summed E-state index contributed by atoms with van der Waals surface area (Å²) in [4.78, 5) is 26.8. The lowest BCUT2D eigenvalue weighted by molar-refractivity contribution is -0.156. The summed E-state index contributed by atoms with van der Waals surface area (Å²) in [5.74, 6) is -0.569. The molecule has 0 saturated heterocycles. The fraction of sp³-hybridized carbons (Fsp3) is 0.364.